The summed E-state index contributed by atoms with van der Waals surface area (Å²) in [5, 5.41) is 4.21. The van der Waals surface area contributed by atoms with Gasteiger partial charge in [0.1, 0.15) is 6.54 Å². The SMILES string of the molecule is CCCN1CC(=O)N(Cc2cc(C)nn2C)C1=O. The number of nitrogens with zero attached hydrogens (tertiary/aromatic N) is 4. The highest BCUT2D eigenvalue weighted by Gasteiger charge is 2.35. The molecule has 1 fully saturated rings. The molecule has 18 heavy (non-hydrogen) atoms. The van der Waals surface area contributed by atoms with Crippen LogP contribution in [0.5, 0.6) is 0 Å². The van der Waals surface area contributed by atoms with E-state index in [9.17, 15) is 9.59 Å². The summed E-state index contributed by atoms with van der Waals surface area (Å²) in [6.07, 6.45) is 0.859. The van der Waals surface area contributed by atoms with Crippen LogP contribution in [0, 0.1) is 6.92 Å². The predicted molar refractivity (Wildman–Crippen MR) is 65.8 cm³/mol. The number of hydrogen-bond donors (Lipinski definition) is 0. The molecule has 0 N–H and O–H groups in total. The highest BCUT2D eigenvalue weighted by Crippen LogP contribution is 2.15. The van der Waals surface area contributed by atoms with Gasteiger partial charge in [-0.3, -0.25) is 14.4 Å². The van der Waals surface area contributed by atoms with E-state index in [0.29, 0.717) is 13.1 Å². The van der Waals surface area contributed by atoms with Crippen molar-refractivity contribution in [2.24, 2.45) is 7.05 Å². The smallest absolute Gasteiger partial charge is 0.315 e. The predicted octanol–water partition coefficient (Wildman–Crippen LogP) is 0.903. The van der Waals surface area contributed by atoms with Gasteiger partial charge in [-0.25, -0.2) is 4.79 Å². The van der Waals surface area contributed by atoms with Crippen molar-refractivity contribution < 1.29 is 9.59 Å². The van der Waals surface area contributed by atoms with Crippen molar-refractivity contribution in [3.63, 3.8) is 0 Å². The molecule has 1 saturated heterocycles. The Morgan fingerprint density at radius 2 is 2.11 bits per heavy atom. The molecule has 1 aromatic rings. The monoisotopic (exact) mass is 250 g/mol. The van der Waals surface area contributed by atoms with Crippen molar-refractivity contribution in [1.82, 2.24) is 19.6 Å². The van der Waals surface area contributed by atoms with Crippen LogP contribution in [0.15, 0.2) is 6.07 Å². The van der Waals surface area contributed by atoms with Gasteiger partial charge in [0.15, 0.2) is 0 Å². The second-order valence-corrected chi connectivity index (χ2v) is 4.58. The Kier molecular flexibility index (Phi) is 3.36. The molecule has 0 bridgehead atoms. The third-order valence-corrected chi connectivity index (χ3v) is 3.04. The van der Waals surface area contributed by atoms with Gasteiger partial charge in [0, 0.05) is 13.6 Å². The summed E-state index contributed by atoms with van der Waals surface area (Å²) >= 11 is 0. The molecule has 2 rings (SSSR count). The van der Waals surface area contributed by atoms with Crippen LogP contribution in [0.2, 0.25) is 0 Å². The van der Waals surface area contributed by atoms with Crippen molar-refractivity contribution in [1.29, 1.82) is 0 Å². The molecule has 1 aromatic heterocycles. The molecule has 0 aromatic carbocycles. The zero-order valence-corrected chi connectivity index (χ0v) is 11.0. The third kappa shape index (κ3) is 2.23. The Labute approximate surface area is 106 Å². The lowest BCUT2D eigenvalue weighted by atomic mass is 10.3. The van der Waals surface area contributed by atoms with E-state index in [-0.39, 0.29) is 18.5 Å². The van der Waals surface area contributed by atoms with Crippen LogP contribution in [-0.4, -0.2) is 44.6 Å². The Bertz CT molecular complexity index is 480. The molecule has 0 atom stereocenters. The van der Waals surface area contributed by atoms with Crippen LogP contribution in [0.25, 0.3) is 0 Å². The summed E-state index contributed by atoms with van der Waals surface area (Å²) in [7, 11) is 1.82. The summed E-state index contributed by atoms with van der Waals surface area (Å²) in [6.45, 7) is 5.01. The minimum atomic E-state index is -0.194. The van der Waals surface area contributed by atoms with Gasteiger partial charge in [-0.05, 0) is 19.4 Å². The van der Waals surface area contributed by atoms with Crippen molar-refractivity contribution in [3.8, 4) is 0 Å². The molecule has 1 aliphatic heterocycles. The average Bonchev–Trinajstić information content (AvgIpc) is 2.74. The van der Waals surface area contributed by atoms with Gasteiger partial charge in [0.25, 0.3) is 5.91 Å². The van der Waals surface area contributed by atoms with E-state index < -0.39 is 0 Å². The van der Waals surface area contributed by atoms with E-state index in [1.807, 2.05) is 27.0 Å². The number of rotatable bonds is 4. The first kappa shape index (κ1) is 12.6. The number of urea groups is 1. The summed E-state index contributed by atoms with van der Waals surface area (Å²) in [4.78, 5) is 26.7. The zero-order valence-electron chi connectivity index (χ0n) is 11.0. The fourth-order valence-corrected chi connectivity index (χ4v) is 2.17. The number of hydrogen-bond acceptors (Lipinski definition) is 3. The Balaban J connectivity index is 2.12. The average molecular weight is 250 g/mol. The molecular weight excluding hydrogens is 232 g/mol. The Hall–Kier alpha value is -1.85. The summed E-state index contributed by atoms with van der Waals surface area (Å²) in [5.74, 6) is -0.132. The van der Waals surface area contributed by atoms with Crippen LogP contribution in [-0.2, 0) is 18.4 Å². The first-order chi connectivity index (χ1) is 8.52. The molecule has 6 heteroatoms. The van der Waals surface area contributed by atoms with Crippen molar-refractivity contribution in [3.05, 3.63) is 17.5 Å². The molecule has 2 heterocycles. The van der Waals surface area contributed by atoms with E-state index in [4.69, 9.17) is 0 Å². The number of aryl methyl sites for hydroxylation is 2. The fraction of sp³-hybridized carbons (Fsp3) is 0.583. The lowest BCUT2D eigenvalue weighted by molar-refractivity contribution is -0.125. The lowest BCUT2D eigenvalue weighted by Crippen LogP contribution is -2.33. The molecule has 0 spiro atoms. The van der Waals surface area contributed by atoms with Crippen molar-refractivity contribution >= 4 is 11.9 Å². The number of carbonyl (C=O) groups excluding carboxylic acids is 2. The molecule has 0 saturated carbocycles. The number of aromatic nitrogens is 2. The third-order valence-electron chi connectivity index (χ3n) is 3.04. The van der Waals surface area contributed by atoms with Crippen LogP contribution in [0.1, 0.15) is 24.7 Å². The quantitative estimate of drug-likeness (QED) is 0.746. The standard InChI is InChI=1S/C12H18N4O2/c1-4-5-15-8-11(17)16(12(15)18)7-10-6-9(2)13-14(10)3/h6H,4-5,7-8H2,1-3H3. The van der Waals surface area contributed by atoms with Crippen LogP contribution in [0.4, 0.5) is 4.79 Å². The summed E-state index contributed by atoms with van der Waals surface area (Å²) in [6, 6.07) is 1.70. The van der Waals surface area contributed by atoms with E-state index in [0.717, 1.165) is 17.8 Å². The lowest BCUT2D eigenvalue weighted by Gasteiger charge is -2.16. The Morgan fingerprint density at radius 3 is 2.67 bits per heavy atom. The summed E-state index contributed by atoms with van der Waals surface area (Å²) < 4.78 is 1.71. The van der Waals surface area contributed by atoms with E-state index in [1.54, 1.807) is 9.58 Å². The zero-order chi connectivity index (χ0) is 13.3. The fourth-order valence-electron chi connectivity index (χ4n) is 2.17. The van der Waals surface area contributed by atoms with E-state index in [2.05, 4.69) is 5.10 Å². The van der Waals surface area contributed by atoms with Gasteiger partial charge in [0.2, 0.25) is 0 Å². The maximum absolute atomic E-state index is 12.0. The minimum absolute atomic E-state index is 0.132. The highest BCUT2D eigenvalue weighted by molar-refractivity contribution is 6.01. The van der Waals surface area contributed by atoms with Gasteiger partial charge >= 0.3 is 6.03 Å². The highest BCUT2D eigenvalue weighted by atomic mass is 16.2. The summed E-state index contributed by atoms with van der Waals surface area (Å²) in [5.41, 5.74) is 1.75. The topological polar surface area (TPSA) is 58.4 Å². The number of imide groups is 1. The Morgan fingerprint density at radius 1 is 1.39 bits per heavy atom. The first-order valence-corrected chi connectivity index (χ1v) is 6.11. The molecule has 6 nitrogen and oxygen atoms in total. The normalized spacial score (nSPS) is 15.9. The van der Waals surface area contributed by atoms with Crippen LogP contribution < -0.4 is 0 Å². The maximum atomic E-state index is 12.0. The largest absolute Gasteiger partial charge is 0.327 e. The van der Waals surface area contributed by atoms with Gasteiger partial charge in [0.05, 0.1) is 17.9 Å². The number of carbonyl (C=O) groups is 2. The minimum Gasteiger partial charge on any atom is -0.315 e. The number of amides is 3. The van der Waals surface area contributed by atoms with Gasteiger partial charge in [-0.1, -0.05) is 6.92 Å². The van der Waals surface area contributed by atoms with Gasteiger partial charge in [-0.2, -0.15) is 5.10 Å². The van der Waals surface area contributed by atoms with Crippen molar-refractivity contribution in [2.45, 2.75) is 26.8 Å². The molecular formula is C12H18N4O2. The molecule has 0 unspecified atom stereocenters. The molecule has 0 radical (unpaired) electrons. The molecule has 0 aliphatic carbocycles. The van der Waals surface area contributed by atoms with Gasteiger partial charge < -0.3 is 4.90 Å². The maximum Gasteiger partial charge on any atom is 0.327 e. The van der Waals surface area contributed by atoms with E-state index >= 15 is 0 Å². The van der Waals surface area contributed by atoms with Crippen molar-refractivity contribution in [2.75, 3.05) is 13.1 Å². The molecule has 98 valence electrons. The second kappa shape index (κ2) is 4.80. The first-order valence-electron chi connectivity index (χ1n) is 6.11. The van der Waals surface area contributed by atoms with Crippen LogP contribution >= 0.6 is 0 Å². The second-order valence-electron chi connectivity index (χ2n) is 4.58. The van der Waals surface area contributed by atoms with E-state index in [1.165, 1.54) is 4.90 Å². The molecule has 3 amide bonds. The molecule has 1 aliphatic rings. The van der Waals surface area contributed by atoms with Crippen LogP contribution in [0.3, 0.4) is 0 Å². The van der Waals surface area contributed by atoms with Gasteiger partial charge in [-0.15, -0.1) is 0 Å².